The molecule has 8 heteroatoms. The molecule has 1 aromatic heterocycles. The lowest BCUT2D eigenvalue weighted by Gasteiger charge is -2.16. The third kappa shape index (κ3) is 4.76. The summed E-state index contributed by atoms with van der Waals surface area (Å²) in [6.07, 6.45) is 0.789. The van der Waals surface area contributed by atoms with Crippen LogP contribution in [0.1, 0.15) is 20.3 Å². The molecule has 0 saturated heterocycles. The van der Waals surface area contributed by atoms with Crippen molar-refractivity contribution in [2.45, 2.75) is 37.2 Å². The molecule has 158 valence electrons. The van der Waals surface area contributed by atoms with Crippen LogP contribution in [0.15, 0.2) is 52.4 Å². The van der Waals surface area contributed by atoms with E-state index in [9.17, 15) is 9.59 Å². The Balaban J connectivity index is 1.85. The molecule has 30 heavy (non-hydrogen) atoms. The van der Waals surface area contributed by atoms with Gasteiger partial charge in [0.05, 0.1) is 30.4 Å². The zero-order valence-electron chi connectivity index (χ0n) is 17.5. The number of thioether (sulfide) groups is 1. The Morgan fingerprint density at radius 2 is 1.83 bits per heavy atom. The number of nitrogens with one attached hydrogen (secondary N) is 1. The second-order valence-electron chi connectivity index (χ2n) is 6.72. The van der Waals surface area contributed by atoms with E-state index in [-0.39, 0.29) is 11.5 Å². The smallest absolute Gasteiger partial charge is 0.262 e. The summed E-state index contributed by atoms with van der Waals surface area (Å²) in [5.41, 5.74) is 1.11. The molecule has 0 fully saturated rings. The van der Waals surface area contributed by atoms with E-state index in [1.54, 1.807) is 50.0 Å². The summed E-state index contributed by atoms with van der Waals surface area (Å²) in [6.45, 7) is 4.33. The number of hydrogen-bond donors (Lipinski definition) is 1. The predicted octanol–water partition coefficient (Wildman–Crippen LogP) is 3.94. The summed E-state index contributed by atoms with van der Waals surface area (Å²) < 4.78 is 12.1. The lowest BCUT2D eigenvalue weighted by atomic mass is 10.2. The second kappa shape index (κ2) is 9.67. The molecule has 0 spiro atoms. The Kier molecular flexibility index (Phi) is 6.99. The Morgan fingerprint density at radius 1 is 1.17 bits per heavy atom. The van der Waals surface area contributed by atoms with Gasteiger partial charge >= 0.3 is 0 Å². The van der Waals surface area contributed by atoms with Crippen molar-refractivity contribution in [2.24, 2.45) is 0 Å². The number of amides is 1. The molecule has 0 aliphatic heterocycles. The Bertz CT molecular complexity index is 1090. The van der Waals surface area contributed by atoms with Crippen LogP contribution in [0.25, 0.3) is 10.9 Å². The normalized spacial score (nSPS) is 11.9. The van der Waals surface area contributed by atoms with Crippen LogP contribution in [-0.4, -0.2) is 34.9 Å². The van der Waals surface area contributed by atoms with E-state index in [2.05, 4.69) is 10.3 Å². The number of hydrogen-bond acceptors (Lipinski definition) is 6. The van der Waals surface area contributed by atoms with Crippen LogP contribution in [0.4, 0.5) is 5.69 Å². The summed E-state index contributed by atoms with van der Waals surface area (Å²) in [7, 11) is 3.11. The van der Waals surface area contributed by atoms with Crippen molar-refractivity contribution in [2.75, 3.05) is 19.5 Å². The number of anilines is 1. The van der Waals surface area contributed by atoms with Crippen molar-refractivity contribution in [3.63, 3.8) is 0 Å². The Labute approximate surface area is 179 Å². The largest absolute Gasteiger partial charge is 0.497 e. The van der Waals surface area contributed by atoms with Gasteiger partial charge in [0.25, 0.3) is 5.56 Å². The van der Waals surface area contributed by atoms with E-state index < -0.39 is 5.25 Å². The highest BCUT2D eigenvalue weighted by molar-refractivity contribution is 8.00. The molecular formula is C22H25N3O4S. The zero-order chi connectivity index (χ0) is 21.7. The topological polar surface area (TPSA) is 82.5 Å². The van der Waals surface area contributed by atoms with Crippen molar-refractivity contribution >= 4 is 34.3 Å². The third-order valence-electron chi connectivity index (χ3n) is 4.54. The van der Waals surface area contributed by atoms with Gasteiger partial charge in [-0.05, 0) is 25.5 Å². The first-order chi connectivity index (χ1) is 14.5. The predicted molar refractivity (Wildman–Crippen MR) is 120 cm³/mol. The third-order valence-corrected chi connectivity index (χ3v) is 5.63. The number of para-hydroxylation sites is 1. The number of rotatable bonds is 8. The average molecular weight is 428 g/mol. The van der Waals surface area contributed by atoms with E-state index >= 15 is 0 Å². The molecule has 2 aromatic carbocycles. The number of fused-ring (bicyclic) bond motifs is 1. The first kappa shape index (κ1) is 21.7. The fourth-order valence-electron chi connectivity index (χ4n) is 2.99. The van der Waals surface area contributed by atoms with Gasteiger partial charge in [-0.15, -0.1) is 0 Å². The molecule has 0 saturated carbocycles. The molecular weight excluding hydrogens is 402 g/mol. The SMILES string of the molecule is CCCn1c(SC(C)C(=O)Nc2cc(OC)cc(OC)c2)nc2ccccc2c1=O. The number of ether oxygens (including phenoxy) is 2. The Morgan fingerprint density at radius 3 is 2.47 bits per heavy atom. The van der Waals surface area contributed by atoms with Crippen LogP contribution in [0.5, 0.6) is 11.5 Å². The second-order valence-corrected chi connectivity index (χ2v) is 8.03. The van der Waals surface area contributed by atoms with Crippen molar-refractivity contribution in [3.8, 4) is 11.5 Å². The quantitative estimate of drug-likeness (QED) is 0.433. The van der Waals surface area contributed by atoms with Crippen molar-refractivity contribution in [3.05, 3.63) is 52.8 Å². The van der Waals surface area contributed by atoms with Gasteiger partial charge < -0.3 is 14.8 Å². The minimum absolute atomic E-state index is 0.0879. The molecule has 7 nitrogen and oxygen atoms in total. The first-order valence-electron chi connectivity index (χ1n) is 9.67. The zero-order valence-corrected chi connectivity index (χ0v) is 18.3. The van der Waals surface area contributed by atoms with Crippen molar-refractivity contribution < 1.29 is 14.3 Å². The van der Waals surface area contributed by atoms with Gasteiger partial charge in [0.2, 0.25) is 5.91 Å². The van der Waals surface area contributed by atoms with E-state index in [0.717, 1.165) is 6.42 Å². The monoisotopic (exact) mass is 427 g/mol. The summed E-state index contributed by atoms with van der Waals surface area (Å²) in [4.78, 5) is 30.4. The lowest BCUT2D eigenvalue weighted by molar-refractivity contribution is -0.115. The average Bonchev–Trinajstić information content (AvgIpc) is 2.76. The van der Waals surface area contributed by atoms with Crippen molar-refractivity contribution in [1.29, 1.82) is 0 Å². The van der Waals surface area contributed by atoms with Gasteiger partial charge in [0.1, 0.15) is 11.5 Å². The number of carbonyl (C=O) groups excluding carboxylic acids is 1. The molecule has 0 radical (unpaired) electrons. The fraction of sp³-hybridized carbons (Fsp3) is 0.318. The highest BCUT2D eigenvalue weighted by atomic mass is 32.2. The van der Waals surface area contributed by atoms with Crippen LogP contribution in [-0.2, 0) is 11.3 Å². The van der Waals surface area contributed by atoms with E-state index in [0.29, 0.717) is 39.8 Å². The molecule has 0 aliphatic rings. The number of methoxy groups -OCH3 is 2. The number of nitrogens with zero attached hydrogens (tertiary/aromatic N) is 2. The van der Waals surface area contributed by atoms with Crippen LogP contribution < -0.4 is 20.3 Å². The van der Waals surface area contributed by atoms with Gasteiger partial charge in [-0.3, -0.25) is 14.2 Å². The van der Waals surface area contributed by atoms with E-state index in [1.165, 1.54) is 11.8 Å². The minimum atomic E-state index is -0.474. The molecule has 1 N–H and O–H groups in total. The number of benzene rings is 2. The minimum Gasteiger partial charge on any atom is -0.497 e. The maximum absolute atomic E-state index is 12.9. The maximum atomic E-state index is 12.9. The molecule has 1 heterocycles. The van der Waals surface area contributed by atoms with Crippen LogP contribution in [0.2, 0.25) is 0 Å². The van der Waals surface area contributed by atoms with Crippen LogP contribution in [0, 0.1) is 0 Å². The van der Waals surface area contributed by atoms with Gasteiger partial charge in [-0.25, -0.2) is 4.98 Å². The van der Waals surface area contributed by atoms with Crippen LogP contribution in [0.3, 0.4) is 0 Å². The molecule has 0 aliphatic carbocycles. The van der Waals surface area contributed by atoms with Gasteiger partial charge in [-0.1, -0.05) is 30.8 Å². The summed E-state index contributed by atoms with van der Waals surface area (Å²) >= 11 is 1.26. The summed E-state index contributed by atoms with van der Waals surface area (Å²) in [6, 6.07) is 12.4. The van der Waals surface area contributed by atoms with Gasteiger partial charge in [-0.2, -0.15) is 0 Å². The molecule has 1 unspecified atom stereocenters. The first-order valence-corrected chi connectivity index (χ1v) is 10.5. The van der Waals surface area contributed by atoms with E-state index in [4.69, 9.17) is 9.47 Å². The highest BCUT2D eigenvalue weighted by Gasteiger charge is 2.20. The standard InChI is InChI=1S/C22H25N3O4S/c1-5-10-25-21(27)18-8-6-7-9-19(18)24-22(25)30-14(2)20(26)23-15-11-16(28-3)13-17(12-15)29-4/h6-9,11-14H,5,10H2,1-4H3,(H,23,26). The van der Waals surface area contributed by atoms with Crippen molar-refractivity contribution in [1.82, 2.24) is 9.55 Å². The summed E-state index contributed by atoms with van der Waals surface area (Å²) in [5.74, 6) is 0.955. The fourth-order valence-corrected chi connectivity index (χ4v) is 3.93. The van der Waals surface area contributed by atoms with Gasteiger partial charge in [0, 0.05) is 30.4 Å². The molecule has 1 amide bonds. The molecule has 0 bridgehead atoms. The highest BCUT2D eigenvalue weighted by Crippen LogP contribution is 2.28. The number of aromatic nitrogens is 2. The Hall–Kier alpha value is -3.00. The van der Waals surface area contributed by atoms with Crippen LogP contribution >= 0.6 is 11.8 Å². The van der Waals surface area contributed by atoms with E-state index in [1.807, 2.05) is 25.1 Å². The maximum Gasteiger partial charge on any atom is 0.262 e. The number of carbonyl (C=O) groups is 1. The molecule has 3 aromatic rings. The lowest BCUT2D eigenvalue weighted by Crippen LogP contribution is -2.27. The molecule has 3 rings (SSSR count). The molecule has 1 atom stereocenters. The van der Waals surface area contributed by atoms with Gasteiger partial charge in [0.15, 0.2) is 5.16 Å². The summed E-state index contributed by atoms with van der Waals surface area (Å²) in [5, 5.41) is 3.52.